The highest BCUT2D eigenvalue weighted by Crippen LogP contribution is 2.45. The minimum atomic E-state index is -1.07. The number of methoxy groups -OCH3 is 1. The van der Waals surface area contributed by atoms with Gasteiger partial charge in [-0.25, -0.2) is 0 Å². The van der Waals surface area contributed by atoms with Crippen molar-refractivity contribution in [1.29, 1.82) is 0 Å². The molecule has 0 unspecified atom stereocenters. The molecule has 0 aliphatic carbocycles. The lowest BCUT2D eigenvalue weighted by Crippen LogP contribution is -2.56. The molecule has 1 saturated heterocycles. The highest BCUT2D eigenvalue weighted by atomic mass is 35.5. The van der Waals surface area contributed by atoms with Crippen molar-refractivity contribution in [2.45, 2.75) is 63.4 Å². The lowest BCUT2D eigenvalue weighted by molar-refractivity contribution is -0.331. The van der Waals surface area contributed by atoms with E-state index in [4.69, 9.17) is 30.5 Å². The van der Waals surface area contributed by atoms with Crippen molar-refractivity contribution in [2.24, 2.45) is 0 Å². The van der Waals surface area contributed by atoms with E-state index in [9.17, 15) is 5.11 Å². The summed E-state index contributed by atoms with van der Waals surface area (Å²) in [6.45, 7) is 5.24. The summed E-state index contributed by atoms with van der Waals surface area (Å²) in [5.41, 5.74) is 2.09. The van der Waals surface area contributed by atoms with Gasteiger partial charge in [-0.3, -0.25) is 0 Å². The Kier molecular flexibility index (Phi) is 10.1. The number of unbranched alkanes of at least 4 members (excludes halogenated alkanes) is 1. The molecule has 1 heterocycles. The van der Waals surface area contributed by atoms with Gasteiger partial charge in [0.25, 0.3) is 0 Å². The first-order valence-electron chi connectivity index (χ1n) is 12.0. The van der Waals surface area contributed by atoms with Crippen LogP contribution in [0.4, 0.5) is 0 Å². The lowest BCUT2D eigenvalue weighted by Gasteiger charge is -2.49. The molecule has 188 valence electrons. The van der Waals surface area contributed by atoms with E-state index in [2.05, 4.69) is 19.6 Å². The van der Waals surface area contributed by atoms with Gasteiger partial charge in [0.2, 0.25) is 0 Å². The molecule has 1 fully saturated rings. The van der Waals surface area contributed by atoms with Crippen molar-refractivity contribution in [1.82, 2.24) is 0 Å². The second-order valence-electron chi connectivity index (χ2n) is 8.87. The van der Waals surface area contributed by atoms with Crippen molar-refractivity contribution in [3.8, 4) is 5.75 Å². The van der Waals surface area contributed by atoms with Crippen LogP contribution in [0, 0.1) is 0 Å². The topological polar surface area (TPSA) is 57.2 Å². The fraction of sp³-hybridized carbons (Fsp3) is 0.556. The standard InChI is InChI=1S/C27H37ClO5S/c1-4-6-13-32-24-16-26(18-29,19-34)33-27(17-24,30-3)22-9-12-25(28)21(15-22)14-20-7-10-23(11-8-20)31-5-2/h7-12,15,24,29,34H,4-6,13-14,16-19H2,1-3H3/t24-,26-,27+/m0/s1. The summed E-state index contributed by atoms with van der Waals surface area (Å²) in [5.74, 6) is 0.134. The fourth-order valence-electron chi connectivity index (χ4n) is 4.43. The minimum absolute atomic E-state index is 0.121. The summed E-state index contributed by atoms with van der Waals surface area (Å²) in [6, 6.07) is 13.9. The number of benzene rings is 2. The number of hydrogen-bond donors (Lipinski definition) is 2. The molecule has 0 bridgehead atoms. The first-order chi connectivity index (χ1) is 16.4. The third kappa shape index (κ3) is 6.48. The fourth-order valence-corrected chi connectivity index (χ4v) is 4.91. The summed E-state index contributed by atoms with van der Waals surface area (Å²) < 4.78 is 24.3. The minimum Gasteiger partial charge on any atom is -0.494 e. The SMILES string of the molecule is CCCCO[C@H]1C[C@](CO)(CS)O[C@@](OC)(c2ccc(Cl)c(Cc3ccc(OCC)cc3)c2)C1. The lowest BCUT2D eigenvalue weighted by atomic mass is 9.85. The Morgan fingerprint density at radius 1 is 1.15 bits per heavy atom. The second-order valence-corrected chi connectivity index (χ2v) is 9.60. The summed E-state index contributed by atoms with van der Waals surface area (Å²) in [7, 11) is 1.63. The molecular formula is C27H37ClO5S. The normalized spacial score (nSPS) is 24.8. The van der Waals surface area contributed by atoms with Crippen molar-refractivity contribution < 1.29 is 24.1 Å². The molecular weight excluding hydrogens is 472 g/mol. The van der Waals surface area contributed by atoms with Crippen molar-refractivity contribution >= 4 is 24.2 Å². The number of ether oxygens (including phenoxy) is 4. The van der Waals surface area contributed by atoms with E-state index >= 15 is 0 Å². The molecule has 0 spiro atoms. The smallest absolute Gasteiger partial charge is 0.197 e. The first-order valence-corrected chi connectivity index (χ1v) is 13.0. The Morgan fingerprint density at radius 2 is 1.91 bits per heavy atom. The van der Waals surface area contributed by atoms with Crippen LogP contribution < -0.4 is 4.74 Å². The van der Waals surface area contributed by atoms with Crippen LogP contribution in [0.3, 0.4) is 0 Å². The highest BCUT2D eigenvalue weighted by Gasteiger charge is 2.50. The van der Waals surface area contributed by atoms with Gasteiger partial charge in [0.05, 0.1) is 19.3 Å². The quantitative estimate of drug-likeness (QED) is 0.281. The van der Waals surface area contributed by atoms with Gasteiger partial charge in [-0.1, -0.05) is 43.1 Å². The van der Waals surface area contributed by atoms with E-state index < -0.39 is 11.4 Å². The van der Waals surface area contributed by atoms with E-state index in [0.717, 1.165) is 35.3 Å². The van der Waals surface area contributed by atoms with Gasteiger partial charge in [0.1, 0.15) is 11.4 Å². The van der Waals surface area contributed by atoms with Crippen LogP contribution in [-0.4, -0.2) is 49.5 Å². The second kappa shape index (κ2) is 12.6. The number of hydrogen-bond acceptors (Lipinski definition) is 6. The Hall–Kier alpha value is -1.28. The summed E-state index contributed by atoms with van der Waals surface area (Å²) in [6.07, 6.45) is 3.67. The molecule has 3 atom stereocenters. The predicted octanol–water partition coefficient (Wildman–Crippen LogP) is 5.79. The maximum absolute atomic E-state index is 10.2. The monoisotopic (exact) mass is 508 g/mol. The summed E-state index contributed by atoms with van der Waals surface area (Å²) >= 11 is 11.1. The predicted molar refractivity (Wildman–Crippen MR) is 139 cm³/mol. The van der Waals surface area contributed by atoms with E-state index in [1.54, 1.807) is 7.11 Å². The molecule has 0 amide bonds. The maximum Gasteiger partial charge on any atom is 0.197 e. The molecule has 0 saturated carbocycles. The average Bonchev–Trinajstić information content (AvgIpc) is 2.86. The van der Waals surface area contributed by atoms with Crippen LogP contribution in [0.5, 0.6) is 5.75 Å². The van der Waals surface area contributed by atoms with Gasteiger partial charge in [-0.05, 0) is 55.2 Å². The van der Waals surface area contributed by atoms with Crippen LogP contribution in [0.15, 0.2) is 42.5 Å². The van der Waals surface area contributed by atoms with Crippen molar-refractivity contribution in [2.75, 3.05) is 32.7 Å². The molecule has 5 nitrogen and oxygen atoms in total. The summed E-state index contributed by atoms with van der Waals surface area (Å²) in [5, 5.41) is 10.9. The molecule has 34 heavy (non-hydrogen) atoms. The molecule has 0 radical (unpaired) electrons. The van der Waals surface area contributed by atoms with E-state index in [-0.39, 0.29) is 12.7 Å². The molecule has 1 N–H and O–H groups in total. The molecule has 2 aromatic carbocycles. The van der Waals surface area contributed by atoms with Gasteiger partial charge in [0.15, 0.2) is 5.79 Å². The van der Waals surface area contributed by atoms with Gasteiger partial charge in [0, 0.05) is 42.9 Å². The van der Waals surface area contributed by atoms with Crippen molar-refractivity contribution in [3.63, 3.8) is 0 Å². The van der Waals surface area contributed by atoms with Gasteiger partial charge in [-0.15, -0.1) is 0 Å². The van der Waals surface area contributed by atoms with Gasteiger partial charge in [-0.2, -0.15) is 12.6 Å². The molecule has 0 aromatic heterocycles. The highest BCUT2D eigenvalue weighted by molar-refractivity contribution is 7.80. The van der Waals surface area contributed by atoms with Crippen LogP contribution >= 0.6 is 24.2 Å². The Morgan fingerprint density at radius 3 is 2.53 bits per heavy atom. The molecule has 1 aliphatic heterocycles. The van der Waals surface area contributed by atoms with Gasteiger partial charge < -0.3 is 24.1 Å². The van der Waals surface area contributed by atoms with Crippen LogP contribution in [-0.2, 0) is 26.4 Å². The average molecular weight is 509 g/mol. The zero-order valence-electron chi connectivity index (χ0n) is 20.4. The number of thiol groups is 1. The Bertz CT molecular complexity index is 902. The molecule has 1 aliphatic rings. The van der Waals surface area contributed by atoms with E-state index in [1.165, 1.54) is 0 Å². The zero-order chi connectivity index (χ0) is 24.6. The van der Waals surface area contributed by atoms with Crippen molar-refractivity contribution in [3.05, 3.63) is 64.2 Å². The maximum atomic E-state index is 10.2. The third-order valence-corrected chi connectivity index (χ3v) is 7.29. The van der Waals surface area contributed by atoms with Crippen LogP contribution in [0.25, 0.3) is 0 Å². The Labute approximate surface area is 214 Å². The van der Waals surface area contributed by atoms with Crippen LogP contribution in [0.1, 0.15) is 56.2 Å². The number of rotatable bonds is 12. The molecule has 7 heteroatoms. The largest absolute Gasteiger partial charge is 0.494 e. The van der Waals surface area contributed by atoms with Gasteiger partial charge >= 0.3 is 0 Å². The van der Waals surface area contributed by atoms with E-state index in [1.807, 2.05) is 49.4 Å². The molecule has 2 aromatic rings. The number of aliphatic hydroxyl groups is 1. The Balaban J connectivity index is 1.91. The molecule has 3 rings (SSSR count). The van der Waals surface area contributed by atoms with Crippen LogP contribution in [0.2, 0.25) is 5.02 Å². The zero-order valence-corrected chi connectivity index (χ0v) is 22.0. The summed E-state index contributed by atoms with van der Waals surface area (Å²) in [4.78, 5) is 0. The third-order valence-electron chi connectivity index (χ3n) is 6.35. The first kappa shape index (κ1) is 27.3. The van der Waals surface area contributed by atoms with E-state index in [0.29, 0.717) is 43.3 Å². The number of halogens is 1. The number of aliphatic hydroxyl groups excluding tert-OH is 1.